The van der Waals surface area contributed by atoms with Crippen molar-refractivity contribution in [1.82, 2.24) is 9.88 Å². The maximum Gasteiger partial charge on any atom is 0.410 e. The van der Waals surface area contributed by atoms with Gasteiger partial charge in [-0.2, -0.15) is 5.26 Å². The summed E-state index contributed by atoms with van der Waals surface area (Å²) >= 11 is 0. The highest BCUT2D eigenvalue weighted by Crippen LogP contribution is 2.37. The van der Waals surface area contributed by atoms with Crippen molar-refractivity contribution in [2.75, 3.05) is 0 Å². The number of benzene rings is 1. The minimum Gasteiger partial charge on any atom is -0.465 e. The van der Waals surface area contributed by atoms with Crippen molar-refractivity contribution in [2.45, 2.75) is 45.9 Å². The first-order chi connectivity index (χ1) is 11.8. The van der Waals surface area contributed by atoms with Gasteiger partial charge in [0.25, 0.3) is 0 Å². The maximum absolute atomic E-state index is 11.8. The molecule has 1 amide bonds. The predicted octanol–water partition coefficient (Wildman–Crippen LogP) is 4.00. The molecule has 1 aromatic carbocycles. The Bertz CT molecular complexity index is 851. The van der Waals surface area contributed by atoms with Crippen LogP contribution in [0.15, 0.2) is 30.3 Å². The van der Waals surface area contributed by atoms with Crippen LogP contribution in [0.2, 0.25) is 0 Å². The Morgan fingerprint density at radius 1 is 1.36 bits per heavy atom. The zero-order valence-electron chi connectivity index (χ0n) is 14.6. The largest absolute Gasteiger partial charge is 0.465 e. The van der Waals surface area contributed by atoms with Gasteiger partial charge in [0.1, 0.15) is 11.8 Å². The monoisotopic (exact) mass is 339 g/mol. The molecule has 2 atom stereocenters. The minimum absolute atomic E-state index is 0.125. The van der Waals surface area contributed by atoms with Gasteiger partial charge in [-0.25, -0.2) is 9.78 Å². The molecule has 2 aromatic rings. The van der Waals surface area contributed by atoms with Gasteiger partial charge in [0.2, 0.25) is 5.88 Å². The fourth-order valence-electron chi connectivity index (χ4n) is 3.44. The van der Waals surface area contributed by atoms with Gasteiger partial charge in [0.15, 0.2) is 6.23 Å². The Kier molecular flexibility index (Phi) is 4.25. The van der Waals surface area contributed by atoms with Crippen molar-refractivity contribution in [3.63, 3.8) is 0 Å². The molecule has 130 valence electrons. The summed E-state index contributed by atoms with van der Waals surface area (Å²) in [7, 11) is 0. The molecule has 2 heterocycles. The van der Waals surface area contributed by atoms with Gasteiger partial charge in [0.05, 0.1) is 0 Å². The van der Waals surface area contributed by atoms with E-state index in [9.17, 15) is 15.2 Å². The van der Waals surface area contributed by atoms with E-state index in [4.69, 9.17) is 4.74 Å². The van der Waals surface area contributed by atoms with E-state index in [0.717, 1.165) is 17.2 Å². The molecule has 25 heavy (non-hydrogen) atoms. The van der Waals surface area contributed by atoms with Crippen LogP contribution in [0, 0.1) is 16.7 Å². The number of nitriles is 1. The van der Waals surface area contributed by atoms with Crippen LogP contribution in [0.4, 0.5) is 4.79 Å². The number of amides is 1. The molecular formula is C19H21N3O3. The first-order valence-electron chi connectivity index (χ1n) is 8.29. The molecule has 6 nitrogen and oxygen atoms in total. The number of aromatic nitrogens is 1. The number of ether oxygens (including phenoxy) is 1. The Balaban J connectivity index is 1.98. The van der Waals surface area contributed by atoms with Crippen molar-refractivity contribution in [1.29, 1.82) is 5.26 Å². The van der Waals surface area contributed by atoms with Crippen LogP contribution in [-0.2, 0) is 0 Å². The average Bonchev–Trinajstić information content (AvgIpc) is 2.99. The van der Waals surface area contributed by atoms with Crippen molar-refractivity contribution >= 4 is 16.9 Å². The summed E-state index contributed by atoms with van der Waals surface area (Å²) in [4.78, 5) is 17.5. The summed E-state index contributed by atoms with van der Waals surface area (Å²) in [5.74, 6) is 0.306. The van der Waals surface area contributed by atoms with E-state index in [1.54, 1.807) is 6.07 Å². The number of fused-ring (bicyclic) bond motifs is 1. The summed E-state index contributed by atoms with van der Waals surface area (Å²) < 4.78 is 6.01. The molecule has 3 rings (SSSR count). The highest BCUT2D eigenvalue weighted by atomic mass is 16.5. The molecule has 0 spiro atoms. The number of hydrogen-bond donors (Lipinski definition) is 1. The predicted molar refractivity (Wildman–Crippen MR) is 93.2 cm³/mol. The standard InChI is InChI=1S/C19H21N3O3/c1-19(2,3)15-8-9-16(22(15)18(23)24)25-17-14-7-5-4-6-12(14)10-13(11-20)21-17/h4-7,10,15-16H,8-9H2,1-3H3,(H,23,24). The van der Waals surface area contributed by atoms with Crippen molar-refractivity contribution < 1.29 is 14.6 Å². The smallest absolute Gasteiger partial charge is 0.410 e. The van der Waals surface area contributed by atoms with E-state index in [2.05, 4.69) is 4.98 Å². The van der Waals surface area contributed by atoms with Crippen LogP contribution in [-0.4, -0.2) is 33.4 Å². The molecular weight excluding hydrogens is 318 g/mol. The van der Waals surface area contributed by atoms with Crippen LogP contribution < -0.4 is 4.74 Å². The summed E-state index contributed by atoms with van der Waals surface area (Å²) in [5.41, 5.74) is 0.0708. The van der Waals surface area contributed by atoms with Gasteiger partial charge >= 0.3 is 6.09 Å². The van der Waals surface area contributed by atoms with Gasteiger partial charge in [-0.05, 0) is 29.4 Å². The molecule has 1 saturated heterocycles. The molecule has 0 saturated carbocycles. The number of hydrogen-bond acceptors (Lipinski definition) is 4. The second-order valence-corrected chi connectivity index (χ2v) is 7.37. The van der Waals surface area contributed by atoms with Crippen LogP contribution in [0.5, 0.6) is 5.88 Å². The zero-order chi connectivity index (χ0) is 18.2. The molecule has 1 aliphatic heterocycles. The fourth-order valence-corrected chi connectivity index (χ4v) is 3.44. The molecule has 0 radical (unpaired) electrons. The van der Waals surface area contributed by atoms with Crippen molar-refractivity contribution in [3.05, 3.63) is 36.0 Å². The van der Waals surface area contributed by atoms with Crippen LogP contribution in [0.3, 0.4) is 0 Å². The fraction of sp³-hybridized carbons (Fsp3) is 0.421. The number of pyridine rings is 1. The third-order valence-corrected chi connectivity index (χ3v) is 4.62. The third-order valence-electron chi connectivity index (χ3n) is 4.62. The minimum atomic E-state index is -0.997. The number of carboxylic acid groups (broad SMARTS) is 1. The lowest BCUT2D eigenvalue weighted by molar-refractivity contribution is 0.0156. The van der Waals surface area contributed by atoms with Crippen LogP contribution >= 0.6 is 0 Å². The van der Waals surface area contributed by atoms with Crippen LogP contribution in [0.1, 0.15) is 39.3 Å². The molecule has 1 aromatic heterocycles. The lowest BCUT2D eigenvalue weighted by Crippen LogP contribution is -2.48. The second-order valence-electron chi connectivity index (χ2n) is 7.37. The van der Waals surface area contributed by atoms with E-state index in [-0.39, 0.29) is 17.2 Å². The lowest BCUT2D eigenvalue weighted by atomic mass is 9.85. The third kappa shape index (κ3) is 3.22. The average molecular weight is 339 g/mol. The summed E-state index contributed by atoms with van der Waals surface area (Å²) in [6.45, 7) is 6.08. The Hall–Kier alpha value is -2.81. The molecule has 6 heteroatoms. The van der Waals surface area contributed by atoms with Gasteiger partial charge in [-0.3, -0.25) is 4.90 Å². The SMILES string of the molecule is CC(C)(C)C1CCC(Oc2nc(C#N)cc3ccccc23)N1C(=O)O. The summed E-state index contributed by atoms with van der Waals surface area (Å²) in [5, 5.41) is 20.5. The van der Waals surface area contributed by atoms with E-state index in [1.807, 2.05) is 51.1 Å². The number of nitrogens with zero attached hydrogens (tertiary/aromatic N) is 3. The first kappa shape index (κ1) is 17.0. The van der Waals surface area contributed by atoms with E-state index >= 15 is 0 Å². The van der Waals surface area contributed by atoms with E-state index < -0.39 is 12.3 Å². The molecule has 0 bridgehead atoms. The number of likely N-dealkylation sites (tertiary alicyclic amines) is 1. The molecule has 1 fully saturated rings. The first-order valence-corrected chi connectivity index (χ1v) is 8.29. The second kappa shape index (κ2) is 6.25. The normalized spacial score (nSPS) is 20.5. The number of rotatable bonds is 2. The Labute approximate surface area is 146 Å². The maximum atomic E-state index is 11.8. The van der Waals surface area contributed by atoms with Gasteiger partial charge in [-0.15, -0.1) is 0 Å². The highest BCUT2D eigenvalue weighted by Gasteiger charge is 2.44. The van der Waals surface area contributed by atoms with Gasteiger partial charge < -0.3 is 9.84 Å². The molecule has 0 aliphatic carbocycles. The summed E-state index contributed by atoms with van der Waals surface area (Å²) in [6.07, 6.45) is -0.271. The van der Waals surface area contributed by atoms with E-state index in [1.165, 1.54) is 4.90 Å². The summed E-state index contributed by atoms with van der Waals surface area (Å²) in [6, 6.07) is 11.1. The lowest BCUT2D eigenvalue weighted by Gasteiger charge is -2.35. The van der Waals surface area contributed by atoms with E-state index in [0.29, 0.717) is 12.3 Å². The van der Waals surface area contributed by atoms with Gasteiger partial charge in [0, 0.05) is 17.8 Å². The quantitative estimate of drug-likeness (QED) is 0.893. The molecule has 1 N–H and O–H groups in total. The number of carbonyl (C=O) groups is 1. The Morgan fingerprint density at radius 2 is 2.08 bits per heavy atom. The molecule has 1 aliphatic rings. The highest BCUT2D eigenvalue weighted by molar-refractivity contribution is 5.87. The van der Waals surface area contributed by atoms with Crippen LogP contribution in [0.25, 0.3) is 10.8 Å². The van der Waals surface area contributed by atoms with Gasteiger partial charge in [-0.1, -0.05) is 39.0 Å². The molecule has 2 unspecified atom stereocenters. The van der Waals surface area contributed by atoms with Crippen molar-refractivity contribution in [3.8, 4) is 11.9 Å². The zero-order valence-corrected chi connectivity index (χ0v) is 14.6. The topological polar surface area (TPSA) is 86.5 Å². The Morgan fingerprint density at radius 3 is 2.72 bits per heavy atom. The van der Waals surface area contributed by atoms with Crippen molar-refractivity contribution in [2.24, 2.45) is 5.41 Å².